The van der Waals surface area contributed by atoms with E-state index in [1.165, 1.54) is 11.3 Å². The van der Waals surface area contributed by atoms with Crippen molar-refractivity contribution in [3.05, 3.63) is 21.3 Å². The Bertz CT molecular complexity index is 711. The molecule has 2 aromatic heterocycles. The van der Waals surface area contributed by atoms with Crippen LogP contribution in [0.2, 0.25) is 0 Å². The van der Waals surface area contributed by atoms with Crippen molar-refractivity contribution in [3.8, 4) is 10.6 Å². The number of thiazole rings is 1. The van der Waals surface area contributed by atoms with Crippen LogP contribution in [0, 0.1) is 11.3 Å². The van der Waals surface area contributed by atoms with Gasteiger partial charge in [0, 0.05) is 21.2 Å². The van der Waals surface area contributed by atoms with E-state index in [9.17, 15) is 4.79 Å². The Morgan fingerprint density at radius 2 is 2.13 bits per heavy atom. The topological polar surface area (TPSA) is 54.0 Å². The summed E-state index contributed by atoms with van der Waals surface area (Å²) in [6.07, 6.45) is 3.28. The van der Waals surface area contributed by atoms with Crippen LogP contribution in [0.3, 0.4) is 0 Å². The molecule has 2 N–H and O–H groups in total. The number of carbonyl (C=O) groups is 1. The van der Waals surface area contributed by atoms with E-state index in [2.05, 4.69) is 37.6 Å². The highest BCUT2D eigenvalue weighted by atomic mass is 79.9. The van der Waals surface area contributed by atoms with Crippen molar-refractivity contribution in [2.75, 3.05) is 18.4 Å². The zero-order valence-corrected chi connectivity index (χ0v) is 16.3. The molecule has 4 rings (SSSR count). The summed E-state index contributed by atoms with van der Waals surface area (Å²) in [5, 5.41) is 11.1. The minimum Gasteiger partial charge on any atom is -0.317 e. The molecular weight excluding hydrogens is 418 g/mol. The van der Waals surface area contributed by atoms with Crippen LogP contribution in [0.25, 0.3) is 10.6 Å². The number of piperidine rings is 1. The molecule has 1 spiro atoms. The van der Waals surface area contributed by atoms with Crippen molar-refractivity contribution in [2.24, 2.45) is 11.3 Å². The zero-order valence-electron chi connectivity index (χ0n) is 12.3. The largest absolute Gasteiger partial charge is 0.317 e. The number of halogens is 2. The van der Waals surface area contributed by atoms with E-state index in [1.807, 2.05) is 10.8 Å². The number of carbonyl (C=O) groups excluding carboxylic acids is 1. The average molecular weight is 435 g/mol. The molecule has 23 heavy (non-hydrogen) atoms. The number of hydrogen-bond acceptors (Lipinski definition) is 5. The summed E-state index contributed by atoms with van der Waals surface area (Å²) in [4.78, 5) is 18.1. The molecule has 1 aliphatic carbocycles. The van der Waals surface area contributed by atoms with Gasteiger partial charge >= 0.3 is 0 Å². The van der Waals surface area contributed by atoms with Crippen molar-refractivity contribution in [3.63, 3.8) is 0 Å². The normalized spacial score (nSPS) is 21.7. The maximum atomic E-state index is 12.4. The van der Waals surface area contributed by atoms with E-state index in [0.717, 1.165) is 47.4 Å². The molecule has 1 amide bonds. The minimum atomic E-state index is 0. The Hall–Kier alpha value is -0.470. The lowest BCUT2D eigenvalue weighted by molar-refractivity contribution is -0.118. The van der Waals surface area contributed by atoms with E-state index < -0.39 is 0 Å². The lowest BCUT2D eigenvalue weighted by Gasteiger charge is -2.22. The van der Waals surface area contributed by atoms with Gasteiger partial charge in [-0.05, 0) is 59.8 Å². The predicted molar refractivity (Wildman–Crippen MR) is 102 cm³/mol. The molecule has 4 nitrogen and oxygen atoms in total. The lowest BCUT2D eigenvalue weighted by atomic mass is 9.92. The Balaban J connectivity index is 0.00000156. The van der Waals surface area contributed by atoms with E-state index >= 15 is 0 Å². The smallest absolute Gasteiger partial charge is 0.229 e. The van der Waals surface area contributed by atoms with E-state index in [-0.39, 0.29) is 29.6 Å². The monoisotopic (exact) mass is 433 g/mol. The number of amides is 1. The molecule has 8 heteroatoms. The van der Waals surface area contributed by atoms with Crippen molar-refractivity contribution in [1.29, 1.82) is 0 Å². The Morgan fingerprint density at radius 1 is 1.35 bits per heavy atom. The standard InChI is InChI=1S/C15H16BrN3OS2.ClH/c16-9-5-12(21-7-9)11-8-22-14(18-11)19-13(20)10-6-15(10)1-3-17-4-2-15;/h5,7-8,10,17H,1-4,6H2,(H,18,19,20);1H. The molecule has 2 aromatic rings. The van der Waals surface area contributed by atoms with Crippen LogP contribution in [0.1, 0.15) is 19.3 Å². The number of hydrogen-bond donors (Lipinski definition) is 2. The van der Waals surface area contributed by atoms with E-state index in [0.29, 0.717) is 5.13 Å². The molecule has 1 saturated carbocycles. The molecule has 1 saturated heterocycles. The summed E-state index contributed by atoms with van der Waals surface area (Å²) < 4.78 is 1.07. The number of rotatable bonds is 3. The Morgan fingerprint density at radius 3 is 2.83 bits per heavy atom. The number of anilines is 1. The molecule has 124 valence electrons. The third kappa shape index (κ3) is 3.49. The highest BCUT2D eigenvalue weighted by Crippen LogP contribution is 2.58. The molecule has 1 atom stereocenters. The highest BCUT2D eigenvalue weighted by Gasteiger charge is 2.57. The summed E-state index contributed by atoms with van der Waals surface area (Å²) in [5.74, 6) is 0.327. The molecule has 2 aliphatic rings. The van der Waals surface area contributed by atoms with E-state index in [4.69, 9.17) is 0 Å². The first-order chi connectivity index (χ1) is 10.7. The SMILES string of the molecule is Cl.O=C(Nc1nc(-c2cc(Br)cs2)cs1)C1CC12CCNCC2. The first kappa shape index (κ1) is 17.4. The maximum absolute atomic E-state index is 12.4. The van der Waals surface area contributed by atoms with Gasteiger partial charge in [-0.1, -0.05) is 0 Å². The fraction of sp³-hybridized carbons (Fsp3) is 0.467. The fourth-order valence-electron chi connectivity index (χ4n) is 3.28. The maximum Gasteiger partial charge on any atom is 0.229 e. The van der Waals surface area contributed by atoms with Crippen LogP contribution in [-0.4, -0.2) is 24.0 Å². The molecular formula is C15H17BrClN3OS2. The zero-order chi connectivity index (χ0) is 15.2. The Kier molecular flexibility index (Phi) is 5.13. The van der Waals surface area contributed by atoms with Crippen LogP contribution in [0.4, 0.5) is 5.13 Å². The van der Waals surface area contributed by atoms with Gasteiger partial charge in [0.05, 0.1) is 10.6 Å². The summed E-state index contributed by atoms with van der Waals surface area (Å²) in [7, 11) is 0. The number of nitrogens with one attached hydrogen (secondary N) is 2. The number of thiophene rings is 1. The van der Waals surface area contributed by atoms with Gasteiger partial charge in [0.15, 0.2) is 5.13 Å². The molecule has 1 aliphatic heterocycles. The highest BCUT2D eigenvalue weighted by molar-refractivity contribution is 9.10. The van der Waals surface area contributed by atoms with Gasteiger partial charge in [-0.3, -0.25) is 4.79 Å². The van der Waals surface area contributed by atoms with Gasteiger partial charge < -0.3 is 10.6 Å². The minimum absolute atomic E-state index is 0. The van der Waals surface area contributed by atoms with Crippen LogP contribution in [0.5, 0.6) is 0 Å². The average Bonchev–Trinajstić information content (AvgIpc) is 2.89. The van der Waals surface area contributed by atoms with Crippen molar-refractivity contribution >= 4 is 62.0 Å². The third-order valence-electron chi connectivity index (χ3n) is 4.66. The molecule has 0 radical (unpaired) electrons. The van der Waals surface area contributed by atoms with Gasteiger partial charge in [0.1, 0.15) is 0 Å². The second kappa shape index (κ2) is 6.80. The fourth-order valence-corrected chi connectivity index (χ4v) is 5.46. The second-order valence-corrected chi connectivity index (χ2v) is 8.71. The molecule has 1 unspecified atom stereocenters. The van der Waals surface area contributed by atoms with Gasteiger partial charge in [0.2, 0.25) is 5.91 Å². The Labute approximate surface area is 157 Å². The number of nitrogens with zero attached hydrogens (tertiary/aromatic N) is 1. The molecule has 0 aromatic carbocycles. The van der Waals surface area contributed by atoms with Crippen molar-refractivity contribution in [2.45, 2.75) is 19.3 Å². The van der Waals surface area contributed by atoms with E-state index in [1.54, 1.807) is 11.3 Å². The quantitative estimate of drug-likeness (QED) is 0.753. The summed E-state index contributed by atoms with van der Waals surface area (Å²) in [6.45, 7) is 2.08. The van der Waals surface area contributed by atoms with Gasteiger partial charge in [-0.25, -0.2) is 4.98 Å². The van der Waals surface area contributed by atoms with Crippen molar-refractivity contribution < 1.29 is 4.79 Å². The van der Waals surface area contributed by atoms with Crippen LogP contribution >= 0.6 is 51.0 Å². The van der Waals surface area contributed by atoms with Crippen LogP contribution < -0.4 is 10.6 Å². The van der Waals surface area contributed by atoms with Gasteiger partial charge in [0.25, 0.3) is 0 Å². The lowest BCUT2D eigenvalue weighted by Crippen LogP contribution is -2.31. The van der Waals surface area contributed by atoms with Crippen LogP contribution in [0.15, 0.2) is 21.3 Å². The molecule has 3 heterocycles. The first-order valence-corrected chi connectivity index (χ1v) is 9.93. The summed E-state index contributed by atoms with van der Waals surface area (Å²) in [5.41, 5.74) is 1.21. The van der Waals surface area contributed by atoms with Gasteiger partial charge in [-0.15, -0.1) is 35.1 Å². The van der Waals surface area contributed by atoms with Gasteiger partial charge in [-0.2, -0.15) is 0 Å². The van der Waals surface area contributed by atoms with Crippen LogP contribution in [-0.2, 0) is 4.79 Å². The second-order valence-electron chi connectivity index (χ2n) is 6.03. The first-order valence-electron chi connectivity index (χ1n) is 7.38. The number of aromatic nitrogens is 1. The molecule has 0 bridgehead atoms. The summed E-state index contributed by atoms with van der Waals surface area (Å²) in [6, 6.07) is 2.05. The summed E-state index contributed by atoms with van der Waals surface area (Å²) >= 11 is 6.60. The molecule has 2 fully saturated rings. The van der Waals surface area contributed by atoms with Crippen molar-refractivity contribution in [1.82, 2.24) is 10.3 Å². The third-order valence-corrected chi connectivity index (χ3v) is 7.13. The predicted octanol–water partition coefficient (Wildman–Crippen LogP) is 4.38.